The van der Waals surface area contributed by atoms with Crippen molar-refractivity contribution in [1.29, 1.82) is 0 Å². The van der Waals surface area contributed by atoms with E-state index in [1.54, 1.807) is 6.07 Å². The van der Waals surface area contributed by atoms with Crippen LogP contribution in [0.2, 0.25) is 10.0 Å². The smallest absolute Gasteiger partial charge is 0.125 e. The number of thioether (sulfide) groups is 1. The Labute approximate surface area is 132 Å². The Morgan fingerprint density at radius 3 is 2.63 bits per heavy atom. The lowest BCUT2D eigenvalue weighted by Crippen LogP contribution is -2.11. The minimum atomic E-state index is 0.320. The summed E-state index contributed by atoms with van der Waals surface area (Å²) < 4.78 is 2.16. The van der Waals surface area contributed by atoms with Gasteiger partial charge in [0.1, 0.15) is 5.82 Å². The lowest BCUT2D eigenvalue weighted by atomic mass is 10.3. The van der Waals surface area contributed by atoms with E-state index in [9.17, 15) is 0 Å². The van der Waals surface area contributed by atoms with Crippen molar-refractivity contribution in [3.63, 3.8) is 0 Å². The van der Waals surface area contributed by atoms with E-state index in [2.05, 4.69) is 23.4 Å². The number of halogens is 3. The van der Waals surface area contributed by atoms with Crippen molar-refractivity contribution >= 4 is 57.6 Å². The minimum Gasteiger partial charge on any atom is -0.323 e. The molecule has 1 heterocycles. The minimum absolute atomic E-state index is 0.320. The molecule has 0 aliphatic rings. The number of hydrogen-bond donors (Lipinski definition) is 0. The highest BCUT2D eigenvalue weighted by atomic mass is 35.5. The van der Waals surface area contributed by atoms with Gasteiger partial charge >= 0.3 is 0 Å². The van der Waals surface area contributed by atoms with Gasteiger partial charge in [0, 0.05) is 11.8 Å². The first-order valence-electron chi connectivity index (χ1n) is 6.08. The van der Waals surface area contributed by atoms with Crippen molar-refractivity contribution in [1.82, 2.24) is 9.55 Å². The van der Waals surface area contributed by atoms with E-state index in [4.69, 9.17) is 34.8 Å². The molecule has 1 aromatic heterocycles. The van der Waals surface area contributed by atoms with E-state index < -0.39 is 0 Å². The summed E-state index contributed by atoms with van der Waals surface area (Å²) in [6, 6.07) is 3.99. The van der Waals surface area contributed by atoms with Crippen LogP contribution in [0.15, 0.2) is 12.1 Å². The van der Waals surface area contributed by atoms with Gasteiger partial charge in [0.15, 0.2) is 0 Å². The third-order valence-corrected chi connectivity index (χ3v) is 5.02. The van der Waals surface area contributed by atoms with Gasteiger partial charge in [0.05, 0.1) is 27.0 Å². The van der Waals surface area contributed by atoms with E-state index in [1.165, 1.54) is 0 Å². The second kappa shape index (κ2) is 6.57. The van der Waals surface area contributed by atoms with Gasteiger partial charge in [-0.2, -0.15) is 11.8 Å². The van der Waals surface area contributed by atoms with Gasteiger partial charge in [-0.1, -0.05) is 30.1 Å². The second-order valence-electron chi connectivity index (χ2n) is 4.30. The van der Waals surface area contributed by atoms with E-state index in [-0.39, 0.29) is 0 Å². The highest BCUT2D eigenvalue weighted by Crippen LogP contribution is 2.31. The Morgan fingerprint density at radius 1 is 1.32 bits per heavy atom. The summed E-state index contributed by atoms with van der Waals surface area (Å²) in [6.45, 7) is 4.32. The summed E-state index contributed by atoms with van der Waals surface area (Å²) in [4.78, 5) is 4.54. The van der Waals surface area contributed by atoms with Gasteiger partial charge in [-0.3, -0.25) is 0 Å². The molecule has 0 bridgehead atoms. The van der Waals surface area contributed by atoms with Crippen LogP contribution >= 0.6 is 46.6 Å². The Bertz CT molecular complexity index is 583. The normalized spacial score (nSPS) is 13.1. The molecule has 0 radical (unpaired) electrons. The molecule has 2 rings (SSSR count). The van der Waals surface area contributed by atoms with E-state index >= 15 is 0 Å². The molecule has 0 aliphatic heterocycles. The van der Waals surface area contributed by atoms with Crippen LogP contribution in [0.5, 0.6) is 0 Å². The molecule has 1 atom stereocenters. The lowest BCUT2D eigenvalue weighted by Gasteiger charge is -2.16. The van der Waals surface area contributed by atoms with Crippen molar-refractivity contribution in [2.75, 3.05) is 11.5 Å². The molecule has 2 nitrogen and oxygen atoms in total. The number of fused-ring (bicyclic) bond motifs is 1. The molecule has 0 aliphatic carbocycles. The average Bonchev–Trinajstić information content (AvgIpc) is 2.74. The topological polar surface area (TPSA) is 17.8 Å². The van der Waals surface area contributed by atoms with Gasteiger partial charge in [0.25, 0.3) is 0 Å². The Balaban J connectivity index is 2.53. The maximum Gasteiger partial charge on any atom is 0.125 e. The van der Waals surface area contributed by atoms with Crippen LogP contribution in [0.4, 0.5) is 0 Å². The Hall–Kier alpha value is -0.0900. The number of alkyl halides is 1. The van der Waals surface area contributed by atoms with Gasteiger partial charge in [-0.05, 0) is 24.8 Å². The number of benzene rings is 1. The molecule has 0 saturated heterocycles. The summed E-state index contributed by atoms with van der Waals surface area (Å²) in [5.41, 5.74) is 1.84. The predicted octanol–water partition coefficient (Wildman–Crippen LogP) is 5.40. The first kappa shape index (κ1) is 15.3. The van der Waals surface area contributed by atoms with Gasteiger partial charge in [-0.15, -0.1) is 11.6 Å². The van der Waals surface area contributed by atoms with Crippen LogP contribution < -0.4 is 0 Å². The van der Waals surface area contributed by atoms with Crippen molar-refractivity contribution < 1.29 is 0 Å². The molecule has 6 heteroatoms. The molecule has 1 aromatic carbocycles. The van der Waals surface area contributed by atoms with Crippen molar-refractivity contribution in [3.05, 3.63) is 28.0 Å². The van der Waals surface area contributed by atoms with Crippen LogP contribution in [0.25, 0.3) is 11.0 Å². The maximum atomic E-state index is 6.11. The molecule has 2 aromatic rings. The number of aromatic nitrogens is 2. The summed E-state index contributed by atoms with van der Waals surface area (Å²) in [5, 5.41) is 1.07. The predicted molar refractivity (Wildman–Crippen MR) is 87.0 cm³/mol. The summed E-state index contributed by atoms with van der Waals surface area (Å²) in [7, 11) is 0. The molecular formula is C13H15Cl3N2S. The Morgan fingerprint density at radius 2 is 2.00 bits per heavy atom. The summed E-state index contributed by atoms with van der Waals surface area (Å²) in [5.74, 6) is 3.36. The zero-order valence-electron chi connectivity index (χ0n) is 10.8. The number of nitrogens with zero attached hydrogens (tertiary/aromatic N) is 2. The first-order valence-corrected chi connectivity index (χ1v) is 8.52. The van der Waals surface area contributed by atoms with Crippen LogP contribution in [0, 0.1) is 0 Å². The number of imidazole rings is 1. The van der Waals surface area contributed by atoms with Crippen molar-refractivity contribution in [2.45, 2.75) is 25.8 Å². The highest BCUT2D eigenvalue weighted by Gasteiger charge is 2.16. The second-order valence-corrected chi connectivity index (χ2v) is 6.70. The van der Waals surface area contributed by atoms with Crippen LogP contribution in [0.3, 0.4) is 0 Å². The standard InChI is InChI=1S/C13H15Cl3N2S/c1-3-19-7-8(2)18-12-5-10(16)9(15)4-11(12)17-13(18)6-14/h4-5,8H,3,6-7H2,1-2H3. The van der Waals surface area contributed by atoms with E-state index in [1.807, 2.05) is 17.8 Å². The van der Waals surface area contributed by atoms with Crippen molar-refractivity contribution in [3.8, 4) is 0 Å². The molecular weight excluding hydrogens is 323 g/mol. The van der Waals surface area contributed by atoms with Crippen LogP contribution in [-0.2, 0) is 5.88 Å². The zero-order valence-corrected chi connectivity index (χ0v) is 13.9. The quantitative estimate of drug-likeness (QED) is 0.680. The molecule has 0 fully saturated rings. The molecule has 104 valence electrons. The molecule has 0 amide bonds. The molecule has 0 N–H and O–H groups in total. The zero-order chi connectivity index (χ0) is 14.0. The monoisotopic (exact) mass is 336 g/mol. The maximum absolute atomic E-state index is 6.11. The van der Waals surface area contributed by atoms with Gasteiger partial charge in [0.2, 0.25) is 0 Å². The van der Waals surface area contributed by atoms with Crippen molar-refractivity contribution in [2.24, 2.45) is 0 Å². The third-order valence-electron chi connectivity index (χ3n) is 2.93. The van der Waals surface area contributed by atoms with Crippen LogP contribution in [0.1, 0.15) is 25.7 Å². The third kappa shape index (κ3) is 3.15. The summed E-state index contributed by atoms with van der Waals surface area (Å²) in [6.07, 6.45) is 0. The van der Waals surface area contributed by atoms with Gasteiger partial charge in [-0.25, -0.2) is 4.98 Å². The first-order chi connectivity index (χ1) is 9.08. The molecule has 0 spiro atoms. The molecule has 19 heavy (non-hydrogen) atoms. The largest absolute Gasteiger partial charge is 0.323 e. The van der Waals surface area contributed by atoms with Crippen LogP contribution in [-0.4, -0.2) is 21.1 Å². The SMILES string of the molecule is CCSCC(C)n1c(CCl)nc2cc(Cl)c(Cl)cc21. The van der Waals surface area contributed by atoms with E-state index in [0.29, 0.717) is 22.0 Å². The molecule has 0 saturated carbocycles. The average molecular weight is 338 g/mol. The molecule has 1 unspecified atom stereocenters. The van der Waals surface area contributed by atoms with E-state index in [0.717, 1.165) is 28.4 Å². The summed E-state index contributed by atoms with van der Waals surface area (Å²) >= 11 is 20.1. The number of hydrogen-bond acceptors (Lipinski definition) is 2. The number of rotatable bonds is 5. The fraction of sp³-hybridized carbons (Fsp3) is 0.462. The lowest BCUT2D eigenvalue weighted by molar-refractivity contribution is 0.606. The highest BCUT2D eigenvalue weighted by molar-refractivity contribution is 7.99. The fourth-order valence-electron chi connectivity index (χ4n) is 2.09. The Kier molecular flexibility index (Phi) is 5.29. The fourth-order valence-corrected chi connectivity index (χ4v) is 3.32. The van der Waals surface area contributed by atoms with Gasteiger partial charge < -0.3 is 4.57 Å².